The molecule has 1 N–H and O–H groups in total. The van der Waals surface area contributed by atoms with Crippen molar-refractivity contribution >= 4 is 58.0 Å². The topological polar surface area (TPSA) is 111 Å². The molecule has 5 rings (SSSR count). The number of benzene rings is 2. The van der Waals surface area contributed by atoms with Gasteiger partial charge < -0.3 is 24.2 Å². The van der Waals surface area contributed by atoms with Gasteiger partial charge in [0, 0.05) is 61.7 Å². The summed E-state index contributed by atoms with van der Waals surface area (Å²) in [6.45, 7) is 8.87. The number of fused-ring (bicyclic) bond motifs is 1. The van der Waals surface area contributed by atoms with E-state index in [0.717, 1.165) is 42.6 Å². The highest BCUT2D eigenvalue weighted by Gasteiger charge is 2.30. The first-order valence-corrected chi connectivity index (χ1v) is 14.8. The van der Waals surface area contributed by atoms with E-state index in [0.29, 0.717) is 66.9 Å². The first-order chi connectivity index (χ1) is 20.2. The molecule has 0 bridgehead atoms. The number of aromatic carboxylic acids is 1. The van der Waals surface area contributed by atoms with Gasteiger partial charge in [-0.15, -0.1) is 0 Å². The lowest BCUT2D eigenvalue weighted by atomic mass is 10.0. The maximum atomic E-state index is 13.2. The molecular formula is C33H37N3O6. The van der Waals surface area contributed by atoms with E-state index in [1.165, 1.54) is 11.0 Å². The van der Waals surface area contributed by atoms with Crippen molar-refractivity contribution in [2.24, 2.45) is 0 Å². The summed E-state index contributed by atoms with van der Waals surface area (Å²) in [5.41, 5.74) is 3.43. The molecule has 0 aliphatic carbocycles. The number of carbonyl (C=O) groups is 3. The van der Waals surface area contributed by atoms with E-state index in [1.807, 2.05) is 19.1 Å². The van der Waals surface area contributed by atoms with Crippen LogP contribution in [-0.2, 0) is 9.59 Å². The number of aryl methyl sites for hydroxylation is 1. The van der Waals surface area contributed by atoms with Crippen molar-refractivity contribution in [2.75, 3.05) is 40.9 Å². The van der Waals surface area contributed by atoms with Gasteiger partial charge in [-0.3, -0.25) is 9.59 Å². The lowest BCUT2D eigenvalue weighted by Crippen LogP contribution is -2.28. The van der Waals surface area contributed by atoms with Gasteiger partial charge in [0.2, 0.25) is 11.8 Å². The highest BCUT2D eigenvalue weighted by Crippen LogP contribution is 2.36. The SMILES string of the molecule is CCCN(CCC)c1ccc2c(C)c(/C=C/c3cc(N4CCCC4=O)c(C(=O)O)cc3N3CCCC3=O)c(=O)oc2c1. The highest BCUT2D eigenvalue weighted by molar-refractivity contribution is 6.07. The largest absolute Gasteiger partial charge is 0.478 e. The number of carbonyl (C=O) groups excluding carboxylic acids is 2. The Morgan fingerprint density at radius 3 is 2.14 bits per heavy atom. The molecule has 0 spiro atoms. The quantitative estimate of drug-likeness (QED) is 0.304. The van der Waals surface area contributed by atoms with Crippen molar-refractivity contribution in [1.82, 2.24) is 0 Å². The number of carboxylic acids is 1. The summed E-state index contributed by atoms with van der Waals surface area (Å²) in [5, 5.41) is 10.8. The predicted molar refractivity (Wildman–Crippen MR) is 166 cm³/mol. The molecule has 0 saturated carbocycles. The third kappa shape index (κ3) is 5.55. The third-order valence-corrected chi connectivity index (χ3v) is 8.08. The van der Waals surface area contributed by atoms with E-state index in [9.17, 15) is 24.3 Å². The highest BCUT2D eigenvalue weighted by atomic mass is 16.4. The average molecular weight is 572 g/mol. The fraction of sp³-hybridized carbons (Fsp3) is 0.394. The van der Waals surface area contributed by atoms with Gasteiger partial charge in [-0.1, -0.05) is 19.9 Å². The monoisotopic (exact) mass is 571 g/mol. The summed E-state index contributed by atoms with van der Waals surface area (Å²) in [6, 6.07) is 9.07. The predicted octanol–water partition coefficient (Wildman–Crippen LogP) is 5.85. The van der Waals surface area contributed by atoms with E-state index < -0.39 is 11.6 Å². The summed E-state index contributed by atoms with van der Waals surface area (Å²) in [7, 11) is 0. The number of amides is 2. The zero-order valence-corrected chi connectivity index (χ0v) is 24.4. The summed E-state index contributed by atoms with van der Waals surface area (Å²) in [5.74, 6) is -1.41. The van der Waals surface area contributed by atoms with Crippen LogP contribution in [0.3, 0.4) is 0 Å². The molecule has 2 aliphatic heterocycles. The Morgan fingerprint density at radius 1 is 0.929 bits per heavy atom. The van der Waals surface area contributed by atoms with E-state index in [2.05, 4.69) is 24.8 Å². The number of carboxylic acid groups (broad SMARTS) is 1. The molecule has 2 amide bonds. The van der Waals surface area contributed by atoms with Crippen LogP contribution >= 0.6 is 0 Å². The van der Waals surface area contributed by atoms with Gasteiger partial charge >= 0.3 is 11.6 Å². The molecule has 2 aliphatic rings. The van der Waals surface area contributed by atoms with Crippen LogP contribution in [0, 0.1) is 6.92 Å². The minimum atomic E-state index is -1.17. The smallest absolute Gasteiger partial charge is 0.343 e. The number of nitrogens with zero attached hydrogens (tertiary/aromatic N) is 3. The zero-order chi connectivity index (χ0) is 30.0. The van der Waals surface area contributed by atoms with Gasteiger partial charge in [-0.2, -0.15) is 0 Å². The van der Waals surface area contributed by atoms with Gasteiger partial charge in [0.1, 0.15) is 5.58 Å². The molecule has 220 valence electrons. The Bertz CT molecular complexity index is 1630. The molecule has 2 saturated heterocycles. The fourth-order valence-corrected chi connectivity index (χ4v) is 5.99. The van der Waals surface area contributed by atoms with Crippen LogP contribution in [0.25, 0.3) is 23.1 Å². The Labute approximate surface area is 245 Å². The molecule has 2 fully saturated rings. The number of hydrogen-bond donors (Lipinski definition) is 1. The number of anilines is 3. The Balaban J connectivity index is 1.60. The minimum Gasteiger partial charge on any atom is -0.478 e. The molecule has 0 unspecified atom stereocenters. The summed E-state index contributed by atoms with van der Waals surface area (Å²) >= 11 is 0. The van der Waals surface area contributed by atoms with E-state index >= 15 is 0 Å². The molecule has 1 aromatic heterocycles. The maximum absolute atomic E-state index is 13.2. The second-order valence-electron chi connectivity index (χ2n) is 11.0. The Kier molecular flexibility index (Phi) is 8.47. The molecular weight excluding hydrogens is 534 g/mol. The molecule has 9 heteroatoms. The van der Waals surface area contributed by atoms with Crippen molar-refractivity contribution in [2.45, 2.75) is 59.3 Å². The van der Waals surface area contributed by atoms with E-state index in [4.69, 9.17) is 4.42 Å². The van der Waals surface area contributed by atoms with Gasteiger partial charge in [-0.05, 0) is 68.5 Å². The first-order valence-electron chi connectivity index (χ1n) is 14.8. The fourth-order valence-electron chi connectivity index (χ4n) is 5.99. The van der Waals surface area contributed by atoms with Crippen LogP contribution in [-0.4, -0.2) is 49.1 Å². The molecule has 2 aromatic carbocycles. The van der Waals surface area contributed by atoms with Crippen molar-refractivity contribution in [3.05, 3.63) is 63.0 Å². The van der Waals surface area contributed by atoms with Crippen LogP contribution in [0.1, 0.15) is 79.4 Å². The second-order valence-corrected chi connectivity index (χ2v) is 11.0. The third-order valence-electron chi connectivity index (χ3n) is 8.08. The molecule has 3 aromatic rings. The first kappa shape index (κ1) is 29.1. The summed E-state index contributed by atoms with van der Waals surface area (Å²) in [6.07, 6.45) is 7.42. The summed E-state index contributed by atoms with van der Waals surface area (Å²) in [4.78, 5) is 56.1. The van der Waals surface area contributed by atoms with Crippen LogP contribution in [0.4, 0.5) is 17.1 Å². The van der Waals surface area contributed by atoms with Crippen LogP contribution in [0.15, 0.2) is 39.5 Å². The van der Waals surface area contributed by atoms with Crippen molar-refractivity contribution in [1.29, 1.82) is 0 Å². The molecule has 0 atom stereocenters. The standard InChI is InChI=1S/C33H37N3O6/c1-4-14-34(15-5-2)23-11-13-24-21(3)25(33(41)42-29(24)19-23)12-10-22-18-28(36-17-7-9-31(36)38)26(32(39)40)20-27(22)35-16-6-8-30(35)37/h10-13,18-20H,4-9,14-17H2,1-3H3,(H,39,40)/b12-10+. The zero-order valence-electron chi connectivity index (χ0n) is 24.4. The normalized spacial score (nSPS) is 15.5. The molecule has 42 heavy (non-hydrogen) atoms. The Hall–Kier alpha value is -4.40. The van der Waals surface area contributed by atoms with Gasteiger partial charge in [0.15, 0.2) is 0 Å². The van der Waals surface area contributed by atoms with E-state index in [-0.39, 0.29) is 17.4 Å². The Morgan fingerprint density at radius 2 is 1.57 bits per heavy atom. The molecule has 0 radical (unpaired) electrons. The van der Waals surface area contributed by atoms with Gasteiger partial charge in [0.25, 0.3) is 0 Å². The van der Waals surface area contributed by atoms with E-state index in [1.54, 1.807) is 23.1 Å². The van der Waals surface area contributed by atoms with Crippen LogP contribution in [0.5, 0.6) is 0 Å². The molecule has 3 heterocycles. The second kappa shape index (κ2) is 12.2. The average Bonchev–Trinajstić information content (AvgIpc) is 3.59. The van der Waals surface area contributed by atoms with Crippen LogP contribution in [0.2, 0.25) is 0 Å². The van der Waals surface area contributed by atoms with Gasteiger partial charge in [0.05, 0.1) is 22.5 Å². The van der Waals surface area contributed by atoms with Crippen molar-refractivity contribution < 1.29 is 23.9 Å². The maximum Gasteiger partial charge on any atom is 0.343 e. The lowest BCUT2D eigenvalue weighted by molar-refractivity contribution is -0.117. The molecule has 9 nitrogen and oxygen atoms in total. The van der Waals surface area contributed by atoms with Crippen molar-refractivity contribution in [3.8, 4) is 0 Å². The number of hydrogen-bond acceptors (Lipinski definition) is 6. The van der Waals surface area contributed by atoms with Gasteiger partial charge in [-0.25, -0.2) is 9.59 Å². The minimum absolute atomic E-state index is 0.0329. The van der Waals surface area contributed by atoms with Crippen molar-refractivity contribution in [3.63, 3.8) is 0 Å². The lowest BCUT2D eigenvalue weighted by Gasteiger charge is -2.24. The van der Waals surface area contributed by atoms with Crippen LogP contribution < -0.4 is 20.3 Å². The summed E-state index contributed by atoms with van der Waals surface area (Å²) < 4.78 is 5.80. The number of rotatable bonds is 10.